The van der Waals surface area contributed by atoms with Gasteiger partial charge < -0.3 is 10.6 Å². The van der Waals surface area contributed by atoms with Crippen LogP contribution in [0.1, 0.15) is 23.2 Å². The molecule has 1 amide bonds. The first kappa shape index (κ1) is 15.7. The molecule has 122 valence electrons. The van der Waals surface area contributed by atoms with Crippen LogP contribution in [0.4, 0.5) is 5.69 Å². The molecule has 0 spiro atoms. The van der Waals surface area contributed by atoms with Crippen LogP contribution in [0.25, 0.3) is 0 Å². The number of hydrogen-bond donors (Lipinski definition) is 2. The predicted molar refractivity (Wildman–Crippen MR) is 87.1 cm³/mol. The first-order valence-electron chi connectivity index (χ1n) is 8.05. The van der Waals surface area contributed by atoms with E-state index in [0.29, 0.717) is 18.7 Å². The lowest BCUT2D eigenvalue weighted by atomic mass is 9.94. The van der Waals surface area contributed by atoms with Crippen molar-refractivity contribution in [1.82, 2.24) is 10.6 Å². The van der Waals surface area contributed by atoms with Crippen LogP contribution in [0.2, 0.25) is 0 Å². The molecular weight excluding hydrogens is 294 g/mol. The fourth-order valence-electron chi connectivity index (χ4n) is 3.54. The van der Waals surface area contributed by atoms with Crippen molar-refractivity contribution in [1.29, 1.82) is 0 Å². The Kier molecular flexibility index (Phi) is 4.71. The number of fused-ring (bicyclic) bond motifs is 2. The number of carbonyl (C=O) groups excluding carboxylic acids is 1. The molecule has 3 atom stereocenters. The van der Waals surface area contributed by atoms with Crippen molar-refractivity contribution in [3.05, 3.63) is 52.1 Å². The average molecular weight is 315 g/mol. The summed E-state index contributed by atoms with van der Waals surface area (Å²) in [4.78, 5) is 22.2. The third kappa shape index (κ3) is 3.76. The number of non-ortho nitro benzene ring substituents is 1. The van der Waals surface area contributed by atoms with Gasteiger partial charge in [-0.25, -0.2) is 0 Å². The monoisotopic (exact) mass is 315 g/mol. The standard InChI is InChI=1S/C17H21N3O3/c21-17(14-2-1-3-16(10-14)20(22)23)19-7-6-18-11-15-9-12-4-5-13(15)8-12/h1-5,10,12-13,15,18H,6-9,11H2,(H,19,21). The number of amides is 1. The quantitative estimate of drug-likeness (QED) is 0.349. The Morgan fingerprint density at radius 3 is 2.83 bits per heavy atom. The maximum absolute atomic E-state index is 12.0. The molecule has 2 aliphatic rings. The second-order valence-corrected chi connectivity index (χ2v) is 6.31. The summed E-state index contributed by atoms with van der Waals surface area (Å²) in [5.41, 5.74) is 0.248. The number of hydrogen-bond acceptors (Lipinski definition) is 4. The normalized spacial score (nSPS) is 24.8. The first-order chi connectivity index (χ1) is 11.1. The maximum atomic E-state index is 12.0. The highest BCUT2D eigenvalue weighted by molar-refractivity contribution is 5.94. The number of benzene rings is 1. The van der Waals surface area contributed by atoms with Crippen LogP contribution in [0.3, 0.4) is 0 Å². The van der Waals surface area contributed by atoms with Crippen LogP contribution >= 0.6 is 0 Å². The van der Waals surface area contributed by atoms with Crippen molar-refractivity contribution < 1.29 is 9.72 Å². The second kappa shape index (κ2) is 6.91. The van der Waals surface area contributed by atoms with Crippen molar-refractivity contribution in [2.24, 2.45) is 17.8 Å². The summed E-state index contributed by atoms with van der Waals surface area (Å²) < 4.78 is 0. The lowest BCUT2D eigenvalue weighted by Gasteiger charge is -2.18. The highest BCUT2D eigenvalue weighted by atomic mass is 16.6. The number of carbonyl (C=O) groups is 1. The molecule has 1 fully saturated rings. The van der Waals surface area contributed by atoms with Crippen molar-refractivity contribution >= 4 is 11.6 Å². The van der Waals surface area contributed by atoms with E-state index in [9.17, 15) is 14.9 Å². The van der Waals surface area contributed by atoms with Gasteiger partial charge in [-0.2, -0.15) is 0 Å². The molecule has 23 heavy (non-hydrogen) atoms. The van der Waals surface area contributed by atoms with Crippen LogP contribution < -0.4 is 10.6 Å². The molecule has 0 aromatic heterocycles. The Balaban J connectivity index is 1.37. The zero-order chi connectivity index (χ0) is 16.2. The molecule has 1 saturated carbocycles. The van der Waals surface area contributed by atoms with Crippen LogP contribution in [0, 0.1) is 27.9 Å². The Labute approximate surface area is 135 Å². The zero-order valence-electron chi connectivity index (χ0n) is 12.9. The van der Waals surface area contributed by atoms with E-state index < -0.39 is 4.92 Å². The molecule has 0 heterocycles. The van der Waals surface area contributed by atoms with Gasteiger partial charge in [0.05, 0.1) is 4.92 Å². The molecule has 2 bridgehead atoms. The van der Waals surface area contributed by atoms with E-state index in [0.717, 1.165) is 24.3 Å². The van der Waals surface area contributed by atoms with E-state index in [-0.39, 0.29) is 11.6 Å². The average Bonchev–Trinajstić information content (AvgIpc) is 3.17. The molecule has 2 N–H and O–H groups in total. The van der Waals surface area contributed by atoms with Gasteiger partial charge in [-0.1, -0.05) is 18.2 Å². The van der Waals surface area contributed by atoms with Crippen LogP contribution in [0.5, 0.6) is 0 Å². The summed E-state index contributed by atoms with van der Waals surface area (Å²) in [6, 6.07) is 5.78. The summed E-state index contributed by atoms with van der Waals surface area (Å²) in [7, 11) is 0. The minimum atomic E-state index is -0.498. The highest BCUT2D eigenvalue weighted by Gasteiger charge is 2.34. The SMILES string of the molecule is O=C(NCCNCC1CC2C=CC1C2)c1cccc([N+](=O)[O-])c1. The summed E-state index contributed by atoms with van der Waals surface area (Å²) in [5, 5.41) is 16.9. The molecular formula is C17H21N3O3. The molecule has 3 unspecified atom stereocenters. The molecule has 0 aliphatic heterocycles. The molecule has 2 aliphatic carbocycles. The van der Waals surface area contributed by atoms with Crippen LogP contribution in [-0.2, 0) is 0 Å². The topological polar surface area (TPSA) is 84.3 Å². The van der Waals surface area contributed by atoms with Gasteiger partial charge in [-0.05, 0) is 43.2 Å². The summed E-state index contributed by atoms with van der Waals surface area (Å²) in [6.07, 6.45) is 7.25. The third-order valence-corrected chi connectivity index (χ3v) is 4.73. The summed E-state index contributed by atoms with van der Waals surface area (Å²) >= 11 is 0. The van der Waals surface area contributed by atoms with E-state index >= 15 is 0 Å². The van der Waals surface area contributed by atoms with Gasteiger partial charge in [0, 0.05) is 30.8 Å². The number of nitro benzene ring substituents is 1. The fourth-order valence-corrected chi connectivity index (χ4v) is 3.54. The molecule has 0 saturated heterocycles. The van der Waals surface area contributed by atoms with Gasteiger partial charge in [0.25, 0.3) is 11.6 Å². The summed E-state index contributed by atoms with van der Waals surface area (Å²) in [5.74, 6) is 1.95. The Bertz CT molecular complexity index is 629. The lowest BCUT2D eigenvalue weighted by Crippen LogP contribution is -2.34. The van der Waals surface area contributed by atoms with Gasteiger partial charge in [-0.15, -0.1) is 0 Å². The molecule has 6 heteroatoms. The smallest absolute Gasteiger partial charge is 0.270 e. The maximum Gasteiger partial charge on any atom is 0.270 e. The molecule has 0 radical (unpaired) electrons. The summed E-state index contributed by atoms with van der Waals surface area (Å²) in [6.45, 7) is 2.20. The van der Waals surface area contributed by atoms with E-state index in [1.807, 2.05) is 0 Å². The predicted octanol–water partition coefficient (Wildman–Crippen LogP) is 2.13. The van der Waals surface area contributed by atoms with E-state index in [2.05, 4.69) is 22.8 Å². The molecule has 6 nitrogen and oxygen atoms in total. The van der Waals surface area contributed by atoms with Crippen molar-refractivity contribution in [2.45, 2.75) is 12.8 Å². The molecule has 1 aromatic rings. The Morgan fingerprint density at radius 1 is 1.26 bits per heavy atom. The van der Waals surface area contributed by atoms with E-state index in [1.54, 1.807) is 6.07 Å². The number of nitrogens with one attached hydrogen (secondary N) is 2. The minimum absolute atomic E-state index is 0.0693. The van der Waals surface area contributed by atoms with Gasteiger partial charge in [0.15, 0.2) is 0 Å². The fraction of sp³-hybridized carbons (Fsp3) is 0.471. The lowest BCUT2D eigenvalue weighted by molar-refractivity contribution is -0.384. The van der Waals surface area contributed by atoms with Gasteiger partial charge >= 0.3 is 0 Å². The second-order valence-electron chi connectivity index (χ2n) is 6.31. The van der Waals surface area contributed by atoms with E-state index in [1.165, 1.54) is 31.0 Å². The number of nitrogens with zero attached hydrogens (tertiary/aromatic N) is 1. The first-order valence-corrected chi connectivity index (χ1v) is 8.05. The third-order valence-electron chi connectivity index (χ3n) is 4.73. The van der Waals surface area contributed by atoms with Crippen molar-refractivity contribution in [2.75, 3.05) is 19.6 Å². The number of nitro groups is 1. The largest absolute Gasteiger partial charge is 0.351 e. The Morgan fingerprint density at radius 2 is 2.13 bits per heavy atom. The van der Waals surface area contributed by atoms with Crippen molar-refractivity contribution in [3.63, 3.8) is 0 Å². The Hall–Kier alpha value is -2.21. The van der Waals surface area contributed by atoms with Crippen LogP contribution in [0.15, 0.2) is 36.4 Å². The number of rotatable bonds is 7. The molecule has 1 aromatic carbocycles. The highest BCUT2D eigenvalue weighted by Crippen LogP contribution is 2.42. The molecule has 3 rings (SSSR count). The van der Waals surface area contributed by atoms with Gasteiger partial charge in [0.2, 0.25) is 0 Å². The minimum Gasteiger partial charge on any atom is -0.351 e. The van der Waals surface area contributed by atoms with Gasteiger partial charge in [-0.3, -0.25) is 14.9 Å². The number of allylic oxidation sites excluding steroid dienone is 2. The van der Waals surface area contributed by atoms with Crippen LogP contribution in [-0.4, -0.2) is 30.5 Å². The zero-order valence-corrected chi connectivity index (χ0v) is 12.9. The van der Waals surface area contributed by atoms with Crippen molar-refractivity contribution in [3.8, 4) is 0 Å². The van der Waals surface area contributed by atoms with E-state index in [4.69, 9.17) is 0 Å². The van der Waals surface area contributed by atoms with Gasteiger partial charge in [0.1, 0.15) is 0 Å².